The van der Waals surface area contributed by atoms with E-state index in [-0.39, 0.29) is 5.82 Å². The Bertz CT molecular complexity index is 413. The van der Waals surface area contributed by atoms with Crippen molar-refractivity contribution in [3.05, 3.63) is 47.5 Å². The Balaban J connectivity index is 2.32. The summed E-state index contributed by atoms with van der Waals surface area (Å²) in [5, 5.41) is 9.94. The zero-order chi connectivity index (χ0) is 9.97. The van der Waals surface area contributed by atoms with Crippen molar-refractivity contribution in [1.82, 2.24) is 15.4 Å². The lowest BCUT2D eigenvalue weighted by Crippen LogP contribution is -2.12. The maximum atomic E-state index is 12.9. The minimum absolute atomic E-state index is 0.304. The van der Waals surface area contributed by atoms with Crippen molar-refractivity contribution in [3.63, 3.8) is 0 Å². The standard InChI is InChI=1S/C9H9FN4/c10-7-3-1-2-6(4-7)9(11)8-5-12-14-13-8/h1-5,9H,11H2,(H,12,13,14). The first-order valence-electron chi connectivity index (χ1n) is 4.14. The van der Waals surface area contributed by atoms with Crippen LogP contribution in [0.2, 0.25) is 0 Å². The van der Waals surface area contributed by atoms with Gasteiger partial charge in [-0.15, -0.1) is 0 Å². The lowest BCUT2D eigenvalue weighted by Gasteiger charge is -2.07. The fourth-order valence-corrected chi connectivity index (χ4v) is 1.23. The molecular formula is C9H9FN4. The second-order valence-electron chi connectivity index (χ2n) is 2.93. The number of nitrogens with two attached hydrogens (primary N) is 1. The quantitative estimate of drug-likeness (QED) is 0.745. The van der Waals surface area contributed by atoms with Crippen molar-refractivity contribution < 1.29 is 4.39 Å². The van der Waals surface area contributed by atoms with Crippen molar-refractivity contribution in [2.75, 3.05) is 0 Å². The summed E-state index contributed by atoms with van der Waals surface area (Å²) in [5.41, 5.74) is 7.11. The van der Waals surface area contributed by atoms with Crippen LogP contribution in [0.25, 0.3) is 0 Å². The highest BCUT2D eigenvalue weighted by Crippen LogP contribution is 2.16. The number of benzene rings is 1. The minimum Gasteiger partial charge on any atom is -0.319 e. The number of hydrogen-bond acceptors (Lipinski definition) is 3. The molecule has 0 saturated heterocycles. The Morgan fingerprint density at radius 1 is 1.43 bits per heavy atom. The molecular weight excluding hydrogens is 183 g/mol. The average molecular weight is 192 g/mol. The van der Waals surface area contributed by atoms with Gasteiger partial charge in [0.25, 0.3) is 0 Å². The van der Waals surface area contributed by atoms with Crippen molar-refractivity contribution >= 4 is 0 Å². The predicted octanol–water partition coefficient (Wildman–Crippen LogP) is 0.992. The smallest absolute Gasteiger partial charge is 0.123 e. The highest BCUT2D eigenvalue weighted by Gasteiger charge is 2.11. The van der Waals surface area contributed by atoms with Crippen molar-refractivity contribution in [2.24, 2.45) is 5.73 Å². The van der Waals surface area contributed by atoms with Crippen LogP contribution >= 0.6 is 0 Å². The molecule has 0 bridgehead atoms. The minimum atomic E-state index is -0.440. The van der Waals surface area contributed by atoms with Gasteiger partial charge in [-0.1, -0.05) is 12.1 Å². The van der Waals surface area contributed by atoms with Crippen LogP contribution in [-0.2, 0) is 0 Å². The second-order valence-corrected chi connectivity index (χ2v) is 2.93. The van der Waals surface area contributed by atoms with Gasteiger partial charge in [-0.25, -0.2) is 4.39 Å². The second kappa shape index (κ2) is 3.55. The molecule has 0 radical (unpaired) electrons. The molecule has 3 N–H and O–H groups in total. The number of H-pyrrole nitrogens is 1. The third kappa shape index (κ3) is 1.62. The Hall–Kier alpha value is -1.75. The Labute approximate surface area is 79.9 Å². The van der Waals surface area contributed by atoms with E-state index in [4.69, 9.17) is 5.73 Å². The molecule has 1 unspecified atom stereocenters. The Morgan fingerprint density at radius 3 is 2.93 bits per heavy atom. The van der Waals surface area contributed by atoms with E-state index in [0.29, 0.717) is 11.3 Å². The van der Waals surface area contributed by atoms with Crippen LogP contribution in [0.4, 0.5) is 4.39 Å². The highest BCUT2D eigenvalue weighted by atomic mass is 19.1. The van der Waals surface area contributed by atoms with Gasteiger partial charge in [-0.2, -0.15) is 15.4 Å². The Morgan fingerprint density at radius 2 is 2.29 bits per heavy atom. The molecule has 0 saturated carbocycles. The molecule has 14 heavy (non-hydrogen) atoms. The number of nitrogens with one attached hydrogen (secondary N) is 1. The molecule has 0 aliphatic carbocycles. The number of hydrogen-bond donors (Lipinski definition) is 2. The van der Waals surface area contributed by atoms with Crippen LogP contribution in [0.15, 0.2) is 30.5 Å². The van der Waals surface area contributed by atoms with Gasteiger partial charge in [-0.05, 0) is 17.7 Å². The molecule has 1 atom stereocenters. The van der Waals surface area contributed by atoms with Crippen LogP contribution < -0.4 is 5.73 Å². The van der Waals surface area contributed by atoms with Crippen LogP contribution in [0.3, 0.4) is 0 Å². The summed E-state index contributed by atoms with van der Waals surface area (Å²) in [5.74, 6) is -0.304. The Kier molecular flexibility index (Phi) is 2.24. The normalized spacial score (nSPS) is 12.7. The van der Waals surface area contributed by atoms with E-state index in [1.165, 1.54) is 18.3 Å². The van der Waals surface area contributed by atoms with Crippen LogP contribution in [0.5, 0.6) is 0 Å². The summed E-state index contributed by atoms with van der Waals surface area (Å²) in [6, 6.07) is 5.69. The third-order valence-corrected chi connectivity index (χ3v) is 1.96. The molecule has 0 aliphatic heterocycles. The lowest BCUT2D eigenvalue weighted by molar-refractivity contribution is 0.623. The topological polar surface area (TPSA) is 67.6 Å². The predicted molar refractivity (Wildman–Crippen MR) is 48.8 cm³/mol. The van der Waals surface area contributed by atoms with Crippen LogP contribution in [0, 0.1) is 5.82 Å². The highest BCUT2D eigenvalue weighted by molar-refractivity contribution is 5.25. The van der Waals surface area contributed by atoms with Crippen LogP contribution in [0.1, 0.15) is 17.3 Å². The summed E-state index contributed by atoms with van der Waals surface area (Å²) in [6.45, 7) is 0. The number of aromatic amines is 1. The monoisotopic (exact) mass is 192 g/mol. The molecule has 2 aromatic rings. The number of rotatable bonds is 2. The summed E-state index contributed by atoms with van der Waals surface area (Å²) in [4.78, 5) is 0. The molecule has 0 aliphatic rings. The first kappa shape index (κ1) is 8.83. The van der Waals surface area contributed by atoms with Crippen molar-refractivity contribution in [1.29, 1.82) is 0 Å². The summed E-state index contributed by atoms with van der Waals surface area (Å²) >= 11 is 0. The van der Waals surface area contributed by atoms with Gasteiger partial charge in [0.1, 0.15) is 11.5 Å². The van der Waals surface area contributed by atoms with E-state index in [2.05, 4.69) is 15.4 Å². The van der Waals surface area contributed by atoms with Crippen molar-refractivity contribution in [3.8, 4) is 0 Å². The first-order valence-corrected chi connectivity index (χ1v) is 4.14. The average Bonchev–Trinajstić information content (AvgIpc) is 2.69. The summed E-state index contributed by atoms with van der Waals surface area (Å²) in [6.07, 6.45) is 1.52. The number of nitrogens with zero attached hydrogens (tertiary/aromatic N) is 2. The molecule has 4 nitrogen and oxygen atoms in total. The van der Waals surface area contributed by atoms with E-state index in [1.54, 1.807) is 12.1 Å². The van der Waals surface area contributed by atoms with E-state index >= 15 is 0 Å². The largest absolute Gasteiger partial charge is 0.319 e. The SMILES string of the molecule is NC(c1cccc(F)c1)c1cn[nH]n1. The van der Waals surface area contributed by atoms with Gasteiger partial charge < -0.3 is 5.73 Å². The van der Waals surface area contributed by atoms with Gasteiger partial charge in [0.15, 0.2) is 0 Å². The number of halogens is 1. The summed E-state index contributed by atoms with van der Waals surface area (Å²) in [7, 11) is 0. The molecule has 1 heterocycles. The van der Waals surface area contributed by atoms with Gasteiger partial charge in [-0.3, -0.25) is 0 Å². The van der Waals surface area contributed by atoms with Crippen molar-refractivity contribution in [2.45, 2.75) is 6.04 Å². The molecule has 0 spiro atoms. The molecule has 0 fully saturated rings. The summed E-state index contributed by atoms with van der Waals surface area (Å²) < 4.78 is 12.9. The van der Waals surface area contributed by atoms with Gasteiger partial charge in [0.2, 0.25) is 0 Å². The zero-order valence-corrected chi connectivity index (χ0v) is 7.31. The molecule has 0 amide bonds. The van der Waals surface area contributed by atoms with Gasteiger partial charge >= 0.3 is 0 Å². The van der Waals surface area contributed by atoms with Crippen LogP contribution in [-0.4, -0.2) is 15.4 Å². The van der Waals surface area contributed by atoms with Gasteiger partial charge in [0, 0.05) is 0 Å². The van der Waals surface area contributed by atoms with E-state index in [9.17, 15) is 4.39 Å². The third-order valence-electron chi connectivity index (χ3n) is 1.96. The maximum absolute atomic E-state index is 12.9. The lowest BCUT2D eigenvalue weighted by atomic mass is 10.1. The molecule has 1 aromatic heterocycles. The first-order chi connectivity index (χ1) is 6.77. The van der Waals surface area contributed by atoms with E-state index < -0.39 is 6.04 Å². The fraction of sp³-hybridized carbons (Fsp3) is 0.111. The molecule has 1 aromatic carbocycles. The number of aromatic nitrogens is 3. The van der Waals surface area contributed by atoms with Gasteiger partial charge in [0.05, 0.1) is 12.2 Å². The fourth-order valence-electron chi connectivity index (χ4n) is 1.23. The molecule has 5 heteroatoms. The van der Waals surface area contributed by atoms with E-state index in [1.807, 2.05) is 0 Å². The molecule has 72 valence electrons. The van der Waals surface area contributed by atoms with E-state index in [0.717, 1.165) is 0 Å². The molecule has 2 rings (SSSR count). The maximum Gasteiger partial charge on any atom is 0.123 e. The zero-order valence-electron chi connectivity index (χ0n) is 7.31.